The molecule has 0 aliphatic heterocycles. The number of hydrogen-bond donors (Lipinski definition) is 2. The van der Waals surface area contributed by atoms with E-state index in [0.717, 1.165) is 15.4 Å². The van der Waals surface area contributed by atoms with Crippen LogP contribution in [-0.4, -0.2) is 35.0 Å². The molecule has 2 amide bonds. The third-order valence-corrected chi connectivity index (χ3v) is 5.26. The van der Waals surface area contributed by atoms with Crippen LogP contribution < -0.4 is 5.32 Å². The highest BCUT2D eigenvalue weighted by molar-refractivity contribution is 7.99. The minimum Gasteiger partial charge on any atom is -0.395 e. The van der Waals surface area contributed by atoms with Crippen LogP contribution >= 0.6 is 11.8 Å². The molecule has 0 aliphatic rings. The molecular weight excluding hydrogens is 384 g/mol. The van der Waals surface area contributed by atoms with Gasteiger partial charge < -0.3 is 15.3 Å². The number of aliphatic hydroxyl groups excluding tert-OH is 1. The number of hydrogen-bond acceptors (Lipinski definition) is 4. The molecule has 3 aromatic carbocycles. The van der Waals surface area contributed by atoms with Gasteiger partial charge in [-0.2, -0.15) is 0 Å². The van der Waals surface area contributed by atoms with Gasteiger partial charge in [0, 0.05) is 22.9 Å². The van der Waals surface area contributed by atoms with E-state index in [9.17, 15) is 14.7 Å². The molecule has 0 radical (unpaired) electrons. The van der Waals surface area contributed by atoms with Gasteiger partial charge in [-0.05, 0) is 29.8 Å². The largest absolute Gasteiger partial charge is 0.395 e. The van der Waals surface area contributed by atoms with Crippen molar-refractivity contribution in [2.24, 2.45) is 0 Å². The number of benzene rings is 3. The number of amides is 2. The van der Waals surface area contributed by atoms with Crippen LogP contribution in [0.3, 0.4) is 0 Å². The lowest BCUT2D eigenvalue weighted by molar-refractivity contribution is -0.143. The molecule has 0 aromatic heterocycles. The smallest absolute Gasteiger partial charge is 0.313 e. The van der Waals surface area contributed by atoms with Gasteiger partial charge in [0.2, 0.25) is 0 Å². The molecule has 29 heavy (non-hydrogen) atoms. The van der Waals surface area contributed by atoms with E-state index in [1.165, 1.54) is 16.7 Å². The maximum absolute atomic E-state index is 12.7. The molecule has 0 atom stereocenters. The molecule has 6 heteroatoms. The van der Waals surface area contributed by atoms with Crippen molar-refractivity contribution in [1.82, 2.24) is 4.90 Å². The van der Waals surface area contributed by atoms with Gasteiger partial charge in [0.25, 0.3) is 0 Å². The number of rotatable bonds is 7. The first-order chi connectivity index (χ1) is 14.2. The number of nitrogens with one attached hydrogen (secondary N) is 1. The second kappa shape index (κ2) is 10.5. The Balaban J connectivity index is 1.72. The van der Waals surface area contributed by atoms with Crippen molar-refractivity contribution >= 4 is 29.3 Å². The summed E-state index contributed by atoms with van der Waals surface area (Å²) in [6, 6.07) is 26.5. The average molecular weight is 407 g/mol. The van der Waals surface area contributed by atoms with Crippen molar-refractivity contribution in [3.05, 3.63) is 90.5 Å². The van der Waals surface area contributed by atoms with Crippen LogP contribution in [0, 0.1) is 0 Å². The number of nitrogens with zero attached hydrogens (tertiary/aromatic N) is 1. The van der Waals surface area contributed by atoms with Crippen LogP contribution in [-0.2, 0) is 16.1 Å². The topological polar surface area (TPSA) is 69.6 Å². The van der Waals surface area contributed by atoms with Gasteiger partial charge in [0.05, 0.1) is 12.3 Å². The predicted octanol–water partition coefficient (Wildman–Crippen LogP) is 3.80. The molecule has 0 bridgehead atoms. The van der Waals surface area contributed by atoms with E-state index in [1.807, 2.05) is 78.9 Å². The van der Waals surface area contributed by atoms with E-state index >= 15 is 0 Å². The fraction of sp³-hybridized carbons (Fsp3) is 0.130. The summed E-state index contributed by atoms with van der Waals surface area (Å²) < 4.78 is 0. The van der Waals surface area contributed by atoms with E-state index in [4.69, 9.17) is 0 Å². The molecule has 5 nitrogen and oxygen atoms in total. The number of aliphatic hydroxyl groups is 1. The first-order valence-corrected chi connectivity index (χ1v) is 10.1. The summed E-state index contributed by atoms with van der Waals surface area (Å²) in [6.07, 6.45) is 0. The monoisotopic (exact) mass is 406 g/mol. The molecule has 0 aliphatic carbocycles. The molecular formula is C23H22N2O3S. The third-order valence-electron chi connectivity index (χ3n) is 4.17. The van der Waals surface area contributed by atoms with E-state index in [-0.39, 0.29) is 19.7 Å². The Kier molecular flexibility index (Phi) is 7.44. The normalized spacial score (nSPS) is 10.4. The Morgan fingerprint density at radius 1 is 0.862 bits per heavy atom. The highest BCUT2D eigenvalue weighted by atomic mass is 32.2. The van der Waals surface area contributed by atoms with E-state index in [0.29, 0.717) is 5.69 Å². The Morgan fingerprint density at radius 2 is 1.48 bits per heavy atom. The summed E-state index contributed by atoms with van der Waals surface area (Å²) in [4.78, 5) is 28.6. The van der Waals surface area contributed by atoms with Gasteiger partial charge in [-0.3, -0.25) is 9.59 Å². The van der Waals surface area contributed by atoms with Crippen molar-refractivity contribution in [3.8, 4) is 0 Å². The van der Waals surface area contributed by atoms with Crippen molar-refractivity contribution < 1.29 is 14.7 Å². The number of anilines is 1. The lowest BCUT2D eigenvalue weighted by Crippen LogP contribution is -2.40. The fourth-order valence-electron chi connectivity index (χ4n) is 2.77. The zero-order valence-electron chi connectivity index (χ0n) is 15.8. The zero-order valence-corrected chi connectivity index (χ0v) is 16.6. The van der Waals surface area contributed by atoms with Crippen molar-refractivity contribution in [2.45, 2.75) is 16.3 Å². The maximum atomic E-state index is 12.7. The summed E-state index contributed by atoms with van der Waals surface area (Å²) in [7, 11) is 0. The van der Waals surface area contributed by atoms with Gasteiger partial charge in [-0.1, -0.05) is 72.4 Å². The SMILES string of the molecule is O=C(Nc1ccccc1Sc1ccccc1)C(=O)N(CCO)Cc1ccccc1. The van der Waals surface area contributed by atoms with Gasteiger partial charge in [-0.15, -0.1) is 0 Å². The van der Waals surface area contributed by atoms with Crippen molar-refractivity contribution in [2.75, 3.05) is 18.5 Å². The number of para-hydroxylation sites is 1. The molecule has 0 saturated heterocycles. The lowest BCUT2D eigenvalue weighted by Gasteiger charge is -2.21. The number of carbonyl (C=O) groups is 2. The summed E-state index contributed by atoms with van der Waals surface area (Å²) >= 11 is 1.51. The van der Waals surface area contributed by atoms with Gasteiger partial charge in [-0.25, -0.2) is 0 Å². The van der Waals surface area contributed by atoms with Crippen molar-refractivity contribution in [1.29, 1.82) is 0 Å². The van der Waals surface area contributed by atoms with Gasteiger partial charge >= 0.3 is 11.8 Å². The highest BCUT2D eigenvalue weighted by Crippen LogP contribution is 2.33. The first kappa shape index (κ1) is 20.6. The van der Waals surface area contributed by atoms with Gasteiger partial charge in [0.1, 0.15) is 0 Å². The summed E-state index contributed by atoms with van der Waals surface area (Å²) in [6.45, 7) is 0.127. The average Bonchev–Trinajstić information content (AvgIpc) is 2.76. The quantitative estimate of drug-likeness (QED) is 0.586. The van der Waals surface area contributed by atoms with Crippen LogP contribution in [0.15, 0.2) is 94.7 Å². The predicted molar refractivity (Wildman–Crippen MR) is 115 cm³/mol. The summed E-state index contributed by atoms with van der Waals surface area (Å²) in [5.41, 5.74) is 1.46. The Morgan fingerprint density at radius 3 is 2.17 bits per heavy atom. The fourth-order valence-corrected chi connectivity index (χ4v) is 3.69. The molecule has 148 valence electrons. The second-order valence-electron chi connectivity index (χ2n) is 6.30. The molecule has 0 saturated carbocycles. The van der Waals surface area contributed by atoms with Crippen molar-refractivity contribution in [3.63, 3.8) is 0 Å². The van der Waals surface area contributed by atoms with Crippen LogP contribution in [0.5, 0.6) is 0 Å². The first-order valence-electron chi connectivity index (χ1n) is 9.24. The Bertz CT molecular complexity index is 949. The molecule has 0 unspecified atom stereocenters. The Labute approximate surface area is 174 Å². The highest BCUT2D eigenvalue weighted by Gasteiger charge is 2.22. The standard InChI is InChI=1S/C23H22N2O3S/c26-16-15-25(17-18-9-3-1-4-10-18)23(28)22(27)24-20-13-7-8-14-21(20)29-19-11-5-2-6-12-19/h1-14,26H,15-17H2,(H,24,27). The molecule has 0 heterocycles. The Hall–Kier alpha value is -3.09. The lowest BCUT2D eigenvalue weighted by atomic mass is 10.2. The van der Waals surface area contributed by atoms with Crippen LogP contribution in [0.2, 0.25) is 0 Å². The van der Waals surface area contributed by atoms with Gasteiger partial charge in [0.15, 0.2) is 0 Å². The van der Waals surface area contributed by atoms with E-state index < -0.39 is 11.8 Å². The minimum atomic E-state index is -0.726. The molecule has 0 spiro atoms. The van der Waals surface area contributed by atoms with Crippen LogP contribution in [0.25, 0.3) is 0 Å². The molecule has 3 aromatic rings. The third kappa shape index (κ3) is 5.94. The minimum absolute atomic E-state index is 0.0849. The van der Waals surface area contributed by atoms with Crippen LogP contribution in [0.4, 0.5) is 5.69 Å². The maximum Gasteiger partial charge on any atom is 0.313 e. The summed E-state index contributed by atoms with van der Waals surface area (Å²) in [5.74, 6) is -1.40. The van der Waals surface area contributed by atoms with Crippen LogP contribution in [0.1, 0.15) is 5.56 Å². The molecule has 3 rings (SSSR count). The molecule has 2 N–H and O–H groups in total. The van der Waals surface area contributed by atoms with E-state index in [2.05, 4.69) is 5.32 Å². The second-order valence-corrected chi connectivity index (χ2v) is 7.42. The zero-order chi connectivity index (χ0) is 20.5. The number of carbonyl (C=O) groups excluding carboxylic acids is 2. The summed E-state index contributed by atoms with van der Waals surface area (Å²) in [5, 5.41) is 12.0. The molecule has 0 fully saturated rings. The van der Waals surface area contributed by atoms with E-state index in [1.54, 1.807) is 6.07 Å².